The highest BCUT2D eigenvalue weighted by molar-refractivity contribution is 6.74. The Bertz CT molecular complexity index is 584. The Kier molecular flexibility index (Phi) is 14.0. The minimum Gasteiger partial charge on any atom is -0.497 e. The zero-order valence-electron chi connectivity index (χ0n) is 22.2. The Labute approximate surface area is 200 Å². The molecule has 0 bridgehead atoms. The molecule has 4 nitrogen and oxygen atoms in total. The summed E-state index contributed by atoms with van der Waals surface area (Å²) in [5.74, 6) is 0.873. The molecule has 0 aliphatic carbocycles. The first-order chi connectivity index (χ1) is 15.4. The van der Waals surface area contributed by atoms with Gasteiger partial charge in [0.15, 0.2) is 16.6 Å². The minimum absolute atomic E-state index is 0.0104. The lowest BCUT2D eigenvalue weighted by molar-refractivity contribution is -0.0596. The predicted octanol–water partition coefficient (Wildman–Crippen LogP) is 7.79. The van der Waals surface area contributed by atoms with E-state index in [-0.39, 0.29) is 12.2 Å². The minimum atomic E-state index is -1.78. The zero-order chi connectivity index (χ0) is 24.0. The lowest BCUT2D eigenvalue weighted by atomic mass is 10.1. The van der Waals surface area contributed by atoms with E-state index in [9.17, 15) is 0 Å². The zero-order valence-corrected chi connectivity index (χ0v) is 24.2. The second-order valence-electron chi connectivity index (χ2n) is 8.94. The topological polar surface area (TPSA) is 36.9 Å². The third-order valence-electron chi connectivity index (χ3n) is 7.43. The summed E-state index contributed by atoms with van der Waals surface area (Å²) in [5, 5.41) is 0. The second-order valence-corrected chi connectivity index (χ2v) is 18.4. The summed E-state index contributed by atoms with van der Waals surface area (Å²) in [6, 6.07) is 15.1. The third kappa shape index (κ3) is 8.60. The van der Waals surface area contributed by atoms with E-state index in [1.165, 1.54) is 0 Å². The molecule has 1 aromatic carbocycles. The molecule has 0 N–H and O–H groups in total. The molecule has 0 fully saturated rings. The van der Waals surface area contributed by atoms with E-state index in [1.54, 1.807) is 7.11 Å². The maximum absolute atomic E-state index is 7.05. The van der Waals surface area contributed by atoms with Gasteiger partial charge in [-0.15, -0.1) is 0 Å². The smallest absolute Gasteiger partial charge is 0.192 e. The fourth-order valence-electron chi connectivity index (χ4n) is 4.44. The molecule has 2 atom stereocenters. The van der Waals surface area contributed by atoms with E-state index < -0.39 is 16.6 Å². The van der Waals surface area contributed by atoms with Gasteiger partial charge in [0.1, 0.15) is 5.75 Å². The lowest BCUT2D eigenvalue weighted by Crippen LogP contribution is -2.49. The number of rotatable bonds is 18. The number of benzene rings is 1. The van der Waals surface area contributed by atoms with E-state index in [4.69, 9.17) is 18.3 Å². The van der Waals surface area contributed by atoms with Crippen LogP contribution in [0.3, 0.4) is 0 Å². The average molecular weight is 483 g/mol. The van der Waals surface area contributed by atoms with Crippen molar-refractivity contribution in [1.29, 1.82) is 0 Å². The van der Waals surface area contributed by atoms with Gasteiger partial charge < -0.3 is 18.3 Å². The van der Waals surface area contributed by atoms with Crippen molar-refractivity contribution >= 4 is 16.6 Å². The fraction of sp³-hybridized carbons (Fsp3) is 0.769. The summed E-state index contributed by atoms with van der Waals surface area (Å²) < 4.78 is 25.6. The van der Waals surface area contributed by atoms with Crippen molar-refractivity contribution < 1.29 is 18.3 Å². The highest BCUT2D eigenvalue weighted by Crippen LogP contribution is 2.29. The van der Waals surface area contributed by atoms with E-state index >= 15 is 0 Å². The van der Waals surface area contributed by atoms with Gasteiger partial charge in [0.25, 0.3) is 0 Å². The van der Waals surface area contributed by atoms with Gasteiger partial charge >= 0.3 is 0 Å². The molecular formula is C26H50O4Si2. The van der Waals surface area contributed by atoms with Crippen LogP contribution in [0.1, 0.15) is 66.9 Å². The van der Waals surface area contributed by atoms with Crippen LogP contribution >= 0.6 is 0 Å². The molecule has 6 heteroatoms. The Morgan fingerprint density at radius 1 is 0.719 bits per heavy atom. The summed E-state index contributed by atoms with van der Waals surface area (Å²) >= 11 is 0. The standard InChI is InChI=1S/C26H50O4Si2/c1-9-16-25(28-21-23-17-19-24(27-8)20-18-23)26(30-32(13-5,14-6)15-7)22-29-31(10-2,11-3)12-4/h17-20,25-26H,9-16,21-22H2,1-8H3/t25-,26+/m1/s1. The molecule has 0 unspecified atom stereocenters. The van der Waals surface area contributed by atoms with Crippen LogP contribution in [0.15, 0.2) is 24.3 Å². The van der Waals surface area contributed by atoms with Crippen LogP contribution in [0, 0.1) is 0 Å². The highest BCUT2D eigenvalue weighted by atomic mass is 28.4. The van der Waals surface area contributed by atoms with Gasteiger partial charge in [0.2, 0.25) is 0 Å². The van der Waals surface area contributed by atoms with Crippen LogP contribution in [0.2, 0.25) is 36.3 Å². The van der Waals surface area contributed by atoms with Crippen molar-refractivity contribution in [3.8, 4) is 5.75 Å². The van der Waals surface area contributed by atoms with Crippen LogP contribution in [0.25, 0.3) is 0 Å². The number of hydrogen-bond acceptors (Lipinski definition) is 4. The van der Waals surface area contributed by atoms with Gasteiger partial charge in [-0.25, -0.2) is 0 Å². The molecule has 0 amide bonds. The van der Waals surface area contributed by atoms with Gasteiger partial charge in [0.05, 0.1) is 32.5 Å². The molecule has 0 aliphatic heterocycles. The van der Waals surface area contributed by atoms with Gasteiger partial charge in [0, 0.05) is 0 Å². The van der Waals surface area contributed by atoms with Crippen LogP contribution < -0.4 is 4.74 Å². The maximum Gasteiger partial charge on any atom is 0.192 e. The van der Waals surface area contributed by atoms with E-state index in [1.807, 2.05) is 12.1 Å². The average Bonchev–Trinajstić information content (AvgIpc) is 2.85. The molecule has 0 saturated carbocycles. The van der Waals surface area contributed by atoms with E-state index in [0.29, 0.717) is 13.2 Å². The van der Waals surface area contributed by atoms with Gasteiger partial charge in [-0.3, -0.25) is 0 Å². The Balaban J connectivity index is 3.07. The second kappa shape index (κ2) is 15.3. The van der Waals surface area contributed by atoms with Crippen molar-refractivity contribution in [2.75, 3.05) is 13.7 Å². The summed E-state index contributed by atoms with van der Waals surface area (Å²) in [7, 11) is -1.77. The monoisotopic (exact) mass is 482 g/mol. The highest BCUT2D eigenvalue weighted by Gasteiger charge is 2.37. The molecule has 0 spiro atoms. The molecular weight excluding hydrogens is 432 g/mol. The Hall–Kier alpha value is -0.666. The van der Waals surface area contributed by atoms with Crippen molar-refractivity contribution in [3.05, 3.63) is 29.8 Å². The van der Waals surface area contributed by atoms with Gasteiger partial charge in [-0.1, -0.05) is 67.0 Å². The molecule has 1 aromatic rings. The molecule has 0 heterocycles. The predicted molar refractivity (Wildman–Crippen MR) is 142 cm³/mol. The van der Waals surface area contributed by atoms with Crippen molar-refractivity contribution in [2.24, 2.45) is 0 Å². The molecule has 0 saturated heterocycles. The summed E-state index contributed by atoms with van der Waals surface area (Å²) in [6.07, 6.45) is 2.13. The largest absolute Gasteiger partial charge is 0.497 e. The molecule has 0 radical (unpaired) electrons. The van der Waals surface area contributed by atoms with Crippen molar-refractivity contribution in [2.45, 2.75) is 116 Å². The first-order valence-electron chi connectivity index (χ1n) is 13.0. The van der Waals surface area contributed by atoms with Gasteiger partial charge in [-0.2, -0.15) is 0 Å². The van der Waals surface area contributed by atoms with Crippen LogP contribution in [-0.2, 0) is 20.2 Å². The normalized spacial score (nSPS) is 14.4. The van der Waals surface area contributed by atoms with Crippen LogP contribution in [-0.4, -0.2) is 42.6 Å². The third-order valence-corrected chi connectivity index (χ3v) is 16.7. The summed E-state index contributed by atoms with van der Waals surface area (Å²) in [4.78, 5) is 0. The van der Waals surface area contributed by atoms with E-state index in [0.717, 1.165) is 60.4 Å². The number of methoxy groups -OCH3 is 1. The van der Waals surface area contributed by atoms with Crippen LogP contribution in [0.5, 0.6) is 5.75 Å². The SMILES string of the molecule is CCC[C@@H](OCc1ccc(OC)cc1)[C@H](CO[Si](CC)(CC)CC)O[Si](CC)(CC)CC. The molecule has 0 aromatic heterocycles. The van der Waals surface area contributed by atoms with Gasteiger partial charge in [-0.05, 0) is 60.4 Å². The molecule has 1 rings (SSSR count). The van der Waals surface area contributed by atoms with Crippen molar-refractivity contribution in [3.63, 3.8) is 0 Å². The van der Waals surface area contributed by atoms with Crippen LogP contribution in [0.4, 0.5) is 0 Å². The van der Waals surface area contributed by atoms with E-state index in [2.05, 4.69) is 60.6 Å². The Morgan fingerprint density at radius 3 is 1.69 bits per heavy atom. The fourth-order valence-corrected chi connectivity index (χ4v) is 9.93. The summed E-state index contributed by atoms with van der Waals surface area (Å²) in [6.45, 7) is 17.3. The maximum atomic E-state index is 7.05. The Morgan fingerprint density at radius 2 is 1.25 bits per heavy atom. The quantitative estimate of drug-likeness (QED) is 0.200. The first-order valence-corrected chi connectivity index (χ1v) is 18.0. The molecule has 32 heavy (non-hydrogen) atoms. The van der Waals surface area contributed by atoms with Crippen molar-refractivity contribution in [1.82, 2.24) is 0 Å². The number of hydrogen-bond donors (Lipinski definition) is 0. The molecule has 0 aliphatic rings. The molecule has 186 valence electrons. The number of ether oxygens (including phenoxy) is 2. The summed E-state index contributed by atoms with van der Waals surface area (Å²) in [5.41, 5.74) is 1.16. The first kappa shape index (κ1) is 29.4. The lowest BCUT2D eigenvalue weighted by Gasteiger charge is -2.39.